The van der Waals surface area contributed by atoms with Crippen LogP contribution in [0.1, 0.15) is 34.0 Å². The van der Waals surface area contributed by atoms with Crippen LogP contribution in [0.3, 0.4) is 0 Å². The van der Waals surface area contributed by atoms with Crippen molar-refractivity contribution >= 4 is 61.5 Å². The van der Waals surface area contributed by atoms with Crippen LogP contribution in [-0.4, -0.2) is 32.9 Å². The summed E-state index contributed by atoms with van der Waals surface area (Å²) in [5.41, 5.74) is 1.58. The van der Waals surface area contributed by atoms with Crippen LogP contribution in [0, 0.1) is 0 Å². The molecule has 4 aromatic rings. The number of anilines is 2. The van der Waals surface area contributed by atoms with Gasteiger partial charge in [0.05, 0.1) is 33.6 Å². The molecular weight excluding hydrogens is 505 g/mol. The second kappa shape index (κ2) is 9.80. The summed E-state index contributed by atoms with van der Waals surface area (Å²) < 4.78 is 39.9. The van der Waals surface area contributed by atoms with Crippen LogP contribution in [0.5, 0.6) is 0 Å². The summed E-state index contributed by atoms with van der Waals surface area (Å²) in [4.78, 5) is 44.6. The highest BCUT2D eigenvalue weighted by atomic mass is 32.1. The number of rotatable bonds is 7. The number of alkyl halides is 3. The van der Waals surface area contributed by atoms with E-state index in [-0.39, 0.29) is 11.3 Å². The van der Waals surface area contributed by atoms with E-state index in [1.807, 2.05) is 0 Å². The molecule has 2 amide bonds. The van der Waals surface area contributed by atoms with Crippen LogP contribution in [0.15, 0.2) is 53.4 Å². The van der Waals surface area contributed by atoms with E-state index in [0.717, 1.165) is 29.5 Å². The largest absolute Gasteiger partial charge is 0.481 e. The number of aliphatic carboxylic acids is 1. The summed E-state index contributed by atoms with van der Waals surface area (Å²) in [6.45, 7) is 0. The van der Waals surface area contributed by atoms with Gasteiger partial charge >= 0.3 is 12.1 Å². The predicted octanol–water partition coefficient (Wildman–Crippen LogP) is 5.22. The molecule has 2 heterocycles. The number of hydrogen-bond acceptors (Lipinski definition) is 7. The summed E-state index contributed by atoms with van der Waals surface area (Å²) in [5.74, 6) is -3.87. The fourth-order valence-electron chi connectivity index (χ4n) is 3.24. The number of amides is 2. The summed E-state index contributed by atoms with van der Waals surface area (Å²) in [6.07, 6.45) is -5.33. The van der Waals surface area contributed by atoms with E-state index in [4.69, 9.17) is 0 Å². The molecule has 0 spiro atoms. The number of carbonyl (C=O) groups excluding carboxylic acids is 2. The number of carboxylic acids is 1. The minimum absolute atomic E-state index is 0.0642. The van der Waals surface area contributed by atoms with Gasteiger partial charge in [0, 0.05) is 11.1 Å². The third kappa shape index (κ3) is 5.81. The monoisotopic (exact) mass is 520 g/mol. The lowest BCUT2D eigenvalue weighted by atomic mass is 9.93. The van der Waals surface area contributed by atoms with Crippen molar-refractivity contribution in [2.45, 2.75) is 18.5 Å². The van der Waals surface area contributed by atoms with Gasteiger partial charge in [0.25, 0.3) is 5.91 Å². The van der Waals surface area contributed by atoms with Gasteiger partial charge in [-0.15, -0.1) is 11.3 Å². The number of fused-ring (bicyclic) bond motifs is 1. The quantitative estimate of drug-likeness (QED) is 0.307. The van der Waals surface area contributed by atoms with Gasteiger partial charge in [-0.2, -0.15) is 13.2 Å². The van der Waals surface area contributed by atoms with Gasteiger partial charge in [0.15, 0.2) is 5.13 Å². The summed E-state index contributed by atoms with van der Waals surface area (Å²) in [7, 11) is 0. The third-order valence-corrected chi connectivity index (χ3v) is 6.37. The normalized spacial score (nSPS) is 12.3. The Balaban J connectivity index is 1.54. The van der Waals surface area contributed by atoms with Crippen molar-refractivity contribution in [3.8, 4) is 0 Å². The number of halogens is 3. The Hall–Kier alpha value is -3.84. The average Bonchev–Trinajstić information content (AvgIpc) is 3.46. The average molecular weight is 521 g/mol. The first-order chi connectivity index (χ1) is 16.6. The summed E-state index contributed by atoms with van der Waals surface area (Å²) in [6, 6.07) is 8.73. The maximum absolute atomic E-state index is 13.1. The SMILES string of the molecule is O=C(O)CC(C(=O)Nc1ccc2nc(NC(=O)c3cscn3)sc2c1)c1cccc(C(F)(F)F)c1. The zero-order valence-corrected chi connectivity index (χ0v) is 19.1. The lowest BCUT2D eigenvalue weighted by molar-refractivity contribution is -0.139. The van der Waals surface area contributed by atoms with E-state index in [1.165, 1.54) is 29.0 Å². The van der Waals surface area contributed by atoms with E-state index in [2.05, 4.69) is 20.6 Å². The minimum Gasteiger partial charge on any atom is -0.481 e. The van der Waals surface area contributed by atoms with Gasteiger partial charge in [-0.3, -0.25) is 19.7 Å². The Morgan fingerprint density at radius 1 is 1.09 bits per heavy atom. The molecule has 0 aliphatic rings. The topological polar surface area (TPSA) is 121 Å². The standard InChI is InChI=1S/C22H15F3N4O4S2/c23-22(24,25)12-3-1-2-11(6-12)14(8-18(30)31)19(32)27-13-4-5-15-17(7-13)35-21(28-15)29-20(33)16-9-34-10-26-16/h1-7,9-10,14H,8H2,(H,27,32)(H,30,31)(H,28,29,33). The molecule has 0 aliphatic carbocycles. The fraction of sp³-hybridized carbons (Fsp3) is 0.136. The molecular formula is C22H15F3N4O4S2. The van der Waals surface area contributed by atoms with Crippen LogP contribution in [0.2, 0.25) is 0 Å². The van der Waals surface area contributed by atoms with Gasteiger partial charge in [-0.1, -0.05) is 29.5 Å². The first-order valence-corrected chi connectivity index (χ1v) is 11.7. The third-order valence-electron chi connectivity index (χ3n) is 4.85. The highest BCUT2D eigenvalue weighted by molar-refractivity contribution is 7.22. The van der Waals surface area contributed by atoms with Crippen LogP contribution < -0.4 is 10.6 Å². The number of carbonyl (C=O) groups is 3. The second-order valence-electron chi connectivity index (χ2n) is 7.29. The zero-order chi connectivity index (χ0) is 25.2. The van der Waals surface area contributed by atoms with Crippen LogP contribution >= 0.6 is 22.7 Å². The van der Waals surface area contributed by atoms with Crippen molar-refractivity contribution in [2.75, 3.05) is 10.6 Å². The van der Waals surface area contributed by atoms with Crippen molar-refractivity contribution in [1.82, 2.24) is 9.97 Å². The molecule has 180 valence electrons. The van der Waals surface area contributed by atoms with Crippen molar-refractivity contribution in [3.63, 3.8) is 0 Å². The molecule has 2 aromatic carbocycles. The number of benzene rings is 2. The molecule has 0 fully saturated rings. The van der Waals surface area contributed by atoms with Crippen LogP contribution in [-0.2, 0) is 15.8 Å². The molecule has 4 rings (SSSR count). The molecule has 35 heavy (non-hydrogen) atoms. The number of thiazole rings is 2. The molecule has 1 unspecified atom stereocenters. The molecule has 0 bridgehead atoms. The number of aromatic nitrogens is 2. The second-order valence-corrected chi connectivity index (χ2v) is 9.04. The Morgan fingerprint density at radius 2 is 1.89 bits per heavy atom. The number of nitrogens with one attached hydrogen (secondary N) is 2. The summed E-state index contributed by atoms with van der Waals surface area (Å²) in [5, 5.41) is 16.3. The van der Waals surface area contributed by atoms with Gasteiger partial charge in [-0.05, 0) is 29.8 Å². The van der Waals surface area contributed by atoms with Crippen LogP contribution in [0.25, 0.3) is 10.2 Å². The van der Waals surface area contributed by atoms with Gasteiger partial charge < -0.3 is 10.4 Å². The van der Waals surface area contributed by atoms with Crippen LogP contribution in [0.4, 0.5) is 24.0 Å². The highest BCUT2D eigenvalue weighted by Crippen LogP contribution is 2.33. The highest BCUT2D eigenvalue weighted by Gasteiger charge is 2.32. The van der Waals surface area contributed by atoms with E-state index < -0.39 is 41.9 Å². The van der Waals surface area contributed by atoms with Crippen molar-refractivity contribution < 1.29 is 32.7 Å². The maximum atomic E-state index is 13.1. The van der Waals surface area contributed by atoms with Gasteiger partial charge in [0.2, 0.25) is 5.91 Å². The summed E-state index contributed by atoms with van der Waals surface area (Å²) >= 11 is 2.42. The van der Waals surface area contributed by atoms with E-state index in [1.54, 1.807) is 17.5 Å². The molecule has 2 aromatic heterocycles. The molecule has 0 aliphatic heterocycles. The number of hydrogen-bond donors (Lipinski definition) is 3. The lowest BCUT2D eigenvalue weighted by Crippen LogP contribution is -2.24. The molecule has 3 N–H and O–H groups in total. The van der Waals surface area contributed by atoms with Crippen molar-refractivity contribution in [3.05, 3.63) is 70.2 Å². The van der Waals surface area contributed by atoms with Crippen molar-refractivity contribution in [2.24, 2.45) is 0 Å². The fourth-order valence-corrected chi connectivity index (χ4v) is 4.67. The van der Waals surface area contributed by atoms with E-state index >= 15 is 0 Å². The first-order valence-electron chi connectivity index (χ1n) is 9.90. The maximum Gasteiger partial charge on any atom is 0.416 e. The molecule has 0 saturated carbocycles. The smallest absolute Gasteiger partial charge is 0.416 e. The van der Waals surface area contributed by atoms with E-state index in [9.17, 15) is 32.7 Å². The number of nitrogens with zero attached hydrogens (tertiary/aromatic N) is 2. The molecule has 1 atom stereocenters. The van der Waals surface area contributed by atoms with E-state index in [0.29, 0.717) is 21.0 Å². The Morgan fingerprint density at radius 3 is 2.57 bits per heavy atom. The zero-order valence-electron chi connectivity index (χ0n) is 17.5. The molecule has 0 radical (unpaired) electrons. The van der Waals surface area contributed by atoms with Gasteiger partial charge in [-0.25, -0.2) is 9.97 Å². The molecule has 0 saturated heterocycles. The predicted molar refractivity (Wildman–Crippen MR) is 125 cm³/mol. The van der Waals surface area contributed by atoms with Gasteiger partial charge in [0.1, 0.15) is 5.69 Å². The lowest BCUT2D eigenvalue weighted by Gasteiger charge is -2.17. The first kappa shape index (κ1) is 24.3. The molecule has 8 nitrogen and oxygen atoms in total. The van der Waals surface area contributed by atoms with Crippen molar-refractivity contribution in [1.29, 1.82) is 0 Å². The minimum atomic E-state index is -4.63. The Labute approximate surface area is 203 Å². The molecule has 13 heteroatoms. The Bertz CT molecular complexity index is 1400. The Kier molecular flexibility index (Phi) is 6.80. The number of carboxylic acid groups (broad SMARTS) is 1.